The van der Waals surface area contributed by atoms with Crippen LogP contribution in [0.3, 0.4) is 0 Å². The minimum atomic E-state index is -0.555. The first kappa shape index (κ1) is 24.9. The third-order valence-corrected chi connectivity index (χ3v) is 5.96. The Bertz CT molecular complexity index is 847. The molecule has 2 aromatic carbocycles. The number of hydrogen-bond acceptors (Lipinski definition) is 2. The van der Waals surface area contributed by atoms with Crippen molar-refractivity contribution in [1.82, 2.24) is 10.2 Å². The van der Waals surface area contributed by atoms with Crippen LogP contribution in [0.5, 0.6) is 0 Å². The number of rotatable bonds is 10. The van der Waals surface area contributed by atoms with Gasteiger partial charge in [0.05, 0.1) is 0 Å². The molecule has 2 atom stereocenters. The molecule has 0 aliphatic carbocycles. The molecule has 2 amide bonds. The predicted octanol–water partition coefficient (Wildman–Crippen LogP) is 5.73. The quantitative estimate of drug-likeness (QED) is 0.510. The Kier molecular flexibility index (Phi) is 9.57. The zero-order chi connectivity index (χ0) is 23.0. The molecule has 0 unspecified atom stereocenters. The van der Waals surface area contributed by atoms with Crippen LogP contribution in [0.15, 0.2) is 48.5 Å². The van der Waals surface area contributed by atoms with Gasteiger partial charge in [-0.25, -0.2) is 0 Å². The van der Waals surface area contributed by atoms with E-state index in [2.05, 4.69) is 43.4 Å². The number of carbonyl (C=O) groups is 2. The molecule has 0 radical (unpaired) electrons. The van der Waals surface area contributed by atoms with Gasteiger partial charge in [-0.3, -0.25) is 9.59 Å². The molecule has 2 aromatic rings. The Morgan fingerprint density at radius 3 is 2.06 bits per heavy atom. The molecule has 0 aromatic heterocycles. The normalized spacial score (nSPS) is 13.0. The summed E-state index contributed by atoms with van der Waals surface area (Å²) < 4.78 is 0. The topological polar surface area (TPSA) is 49.4 Å². The fourth-order valence-electron chi connectivity index (χ4n) is 3.30. The summed E-state index contributed by atoms with van der Waals surface area (Å²) in [5.74, 6) is 0.322. The van der Waals surface area contributed by atoms with Gasteiger partial charge in [-0.05, 0) is 61.4 Å². The maximum Gasteiger partial charge on any atom is 0.242 e. The maximum absolute atomic E-state index is 13.2. The fraction of sp³-hybridized carbons (Fsp3) is 0.462. The lowest BCUT2D eigenvalue weighted by Gasteiger charge is -2.30. The van der Waals surface area contributed by atoms with Crippen molar-refractivity contribution in [2.75, 3.05) is 0 Å². The zero-order valence-electron chi connectivity index (χ0n) is 19.3. The highest BCUT2D eigenvalue weighted by molar-refractivity contribution is 6.30. The van der Waals surface area contributed by atoms with Crippen LogP contribution in [0.2, 0.25) is 5.02 Å². The summed E-state index contributed by atoms with van der Waals surface area (Å²) in [5.41, 5.74) is 3.36. The van der Waals surface area contributed by atoms with Crippen LogP contribution >= 0.6 is 11.6 Å². The highest BCUT2D eigenvalue weighted by Crippen LogP contribution is 2.18. The summed E-state index contributed by atoms with van der Waals surface area (Å²) in [6.45, 7) is 10.5. The van der Waals surface area contributed by atoms with E-state index >= 15 is 0 Å². The van der Waals surface area contributed by atoms with Crippen molar-refractivity contribution < 1.29 is 9.59 Å². The van der Waals surface area contributed by atoms with Crippen LogP contribution in [0.4, 0.5) is 0 Å². The number of halogens is 1. The van der Waals surface area contributed by atoms with Gasteiger partial charge in [-0.2, -0.15) is 0 Å². The summed E-state index contributed by atoms with van der Waals surface area (Å²) in [7, 11) is 0. The second-order valence-corrected chi connectivity index (χ2v) is 8.97. The summed E-state index contributed by atoms with van der Waals surface area (Å²) in [6, 6.07) is 15.3. The van der Waals surface area contributed by atoms with Crippen molar-refractivity contribution >= 4 is 23.4 Å². The number of aryl methyl sites for hydroxylation is 1. The third-order valence-electron chi connectivity index (χ3n) is 5.71. The highest BCUT2D eigenvalue weighted by Gasteiger charge is 2.26. The van der Waals surface area contributed by atoms with Crippen molar-refractivity contribution in [1.29, 1.82) is 0 Å². The molecule has 5 heteroatoms. The van der Waals surface area contributed by atoms with Gasteiger partial charge in [0.15, 0.2) is 0 Å². The van der Waals surface area contributed by atoms with E-state index in [1.807, 2.05) is 26.0 Å². The van der Waals surface area contributed by atoms with Crippen LogP contribution in [-0.2, 0) is 22.6 Å². The van der Waals surface area contributed by atoms with Gasteiger partial charge in [0.1, 0.15) is 6.04 Å². The molecule has 0 saturated carbocycles. The molecular formula is C26H35ClN2O2. The molecule has 0 bridgehead atoms. The van der Waals surface area contributed by atoms with Crippen LogP contribution < -0.4 is 5.32 Å². The van der Waals surface area contributed by atoms with E-state index in [1.54, 1.807) is 24.0 Å². The van der Waals surface area contributed by atoms with Crippen LogP contribution in [0.25, 0.3) is 0 Å². The minimum Gasteiger partial charge on any atom is -0.352 e. The summed E-state index contributed by atoms with van der Waals surface area (Å²) in [4.78, 5) is 27.6. The molecule has 0 heterocycles. The molecule has 0 spiro atoms. The average molecular weight is 443 g/mol. The Morgan fingerprint density at radius 2 is 1.52 bits per heavy atom. The van der Waals surface area contributed by atoms with Crippen molar-refractivity contribution in [3.63, 3.8) is 0 Å². The molecule has 1 N–H and O–H groups in total. The van der Waals surface area contributed by atoms with E-state index in [1.165, 1.54) is 5.56 Å². The maximum atomic E-state index is 13.2. The van der Waals surface area contributed by atoms with Crippen LogP contribution in [0.1, 0.15) is 70.1 Å². The Morgan fingerprint density at radius 1 is 0.935 bits per heavy atom. The lowest BCUT2D eigenvalue weighted by atomic mass is 10.00. The van der Waals surface area contributed by atoms with E-state index in [9.17, 15) is 9.59 Å². The van der Waals surface area contributed by atoms with E-state index in [0.29, 0.717) is 30.3 Å². The number of carbonyl (C=O) groups excluding carboxylic acids is 2. The van der Waals surface area contributed by atoms with Gasteiger partial charge >= 0.3 is 0 Å². The molecule has 0 saturated heterocycles. The molecule has 4 nitrogen and oxygen atoms in total. The molecule has 0 aliphatic rings. The van der Waals surface area contributed by atoms with Crippen molar-refractivity contribution in [3.8, 4) is 0 Å². The molecule has 0 fully saturated rings. The first-order chi connectivity index (χ1) is 14.7. The van der Waals surface area contributed by atoms with Gasteiger partial charge in [0.25, 0.3) is 0 Å². The van der Waals surface area contributed by atoms with Crippen LogP contribution in [0, 0.1) is 0 Å². The monoisotopic (exact) mass is 442 g/mol. The highest BCUT2D eigenvalue weighted by atomic mass is 35.5. The molecular weight excluding hydrogens is 408 g/mol. The zero-order valence-corrected chi connectivity index (χ0v) is 20.1. The number of nitrogens with zero attached hydrogens (tertiary/aromatic N) is 1. The summed E-state index contributed by atoms with van der Waals surface area (Å²) in [6.07, 6.45) is 1.85. The Labute approximate surface area is 192 Å². The lowest BCUT2D eigenvalue weighted by Crippen LogP contribution is -2.49. The predicted molar refractivity (Wildman–Crippen MR) is 128 cm³/mol. The second kappa shape index (κ2) is 11.9. The third kappa shape index (κ3) is 7.70. The van der Waals surface area contributed by atoms with E-state index in [0.717, 1.165) is 17.5 Å². The minimum absolute atomic E-state index is 0.0327. The van der Waals surface area contributed by atoms with Crippen molar-refractivity contribution in [2.45, 2.75) is 78.4 Å². The Hall–Kier alpha value is -2.33. The SMILES string of the molecule is CC[C@@H](C)NC(=O)[C@@H](C)N(Cc1ccc(Cl)cc1)C(=O)CCc1ccc(C(C)C)cc1. The first-order valence-electron chi connectivity index (χ1n) is 11.1. The average Bonchev–Trinajstić information content (AvgIpc) is 2.76. The number of amides is 2. The molecule has 2 rings (SSSR count). The summed E-state index contributed by atoms with van der Waals surface area (Å²) in [5, 5.41) is 3.64. The molecule has 168 valence electrons. The van der Waals surface area contributed by atoms with E-state index < -0.39 is 6.04 Å². The number of hydrogen-bond donors (Lipinski definition) is 1. The van der Waals surface area contributed by atoms with Gasteiger partial charge in [-0.1, -0.05) is 68.8 Å². The van der Waals surface area contributed by atoms with Gasteiger partial charge in [0.2, 0.25) is 11.8 Å². The molecule has 0 aliphatic heterocycles. The van der Waals surface area contributed by atoms with Crippen molar-refractivity contribution in [2.24, 2.45) is 0 Å². The molecule has 31 heavy (non-hydrogen) atoms. The lowest BCUT2D eigenvalue weighted by molar-refractivity contribution is -0.140. The van der Waals surface area contributed by atoms with Gasteiger partial charge in [0, 0.05) is 24.0 Å². The first-order valence-corrected chi connectivity index (χ1v) is 11.5. The summed E-state index contributed by atoms with van der Waals surface area (Å²) >= 11 is 6.00. The number of benzene rings is 2. The van der Waals surface area contributed by atoms with Crippen LogP contribution in [-0.4, -0.2) is 28.8 Å². The standard InChI is InChI=1S/C26H35ClN2O2/c1-6-19(4)28-26(31)20(5)29(17-22-9-14-24(27)15-10-22)25(30)16-11-21-7-12-23(13-8-21)18(2)3/h7-10,12-15,18-20H,6,11,16-17H2,1-5H3,(H,28,31)/t19-,20-/m1/s1. The fourth-order valence-corrected chi connectivity index (χ4v) is 3.42. The Balaban J connectivity index is 2.12. The van der Waals surface area contributed by atoms with Gasteiger partial charge < -0.3 is 10.2 Å². The van der Waals surface area contributed by atoms with E-state index in [-0.39, 0.29) is 17.9 Å². The van der Waals surface area contributed by atoms with Crippen molar-refractivity contribution in [3.05, 3.63) is 70.2 Å². The van der Waals surface area contributed by atoms with E-state index in [4.69, 9.17) is 11.6 Å². The largest absolute Gasteiger partial charge is 0.352 e. The number of nitrogens with one attached hydrogen (secondary N) is 1. The van der Waals surface area contributed by atoms with Gasteiger partial charge in [-0.15, -0.1) is 0 Å². The smallest absolute Gasteiger partial charge is 0.242 e. The second-order valence-electron chi connectivity index (χ2n) is 8.54.